The van der Waals surface area contributed by atoms with Crippen LogP contribution in [-0.4, -0.2) is 13.7 Å². The van der Waals surface area contributed by atoms with Gasteiger partial charge in [0, 0.05) is 27.8 Å². The lowest BCUT2D eigenvalue weighted by atomic mass is 9.93. The molecule has 17 heavy (non-hydrogen) atoms. The number of rotatable bonds is 6. The minimum atomic E-state index is 0.148. The van der Waals surface area contributed by atoms with Crippen LogP contribution in [0.2, 0.25) is 0 Å². The van der Waals surface area contributed by atoms with Gasteiger partial charge in [-0.15, -0.1) is 0 Å². The third kappa shape index (κ3) is 4.48. The van der Waals surface area contributed by atoms with Crippen LogP contribution in [0, 0.1) is 9.49 Å². The van der Waals surface area contributed by atoms with E-state index in [1.54, 1.807) is 7.11 Å². The first-order chi connectivity index (χ1) is 8.10. The van der Waals surface area contributed by atoms with E-state index in [0.717, 1.165) is 17.5 Å². The standard InChI is InChI=1S/C12H18BrIN2O/c1-8(5-6-17-2)12(16-15)10-7-9(13)3-4-11(10)14/h3-4,7-8,12,16H,5-6,15H2,1-2H3. The Morgan fingerprint density at radius 2 is 2.24 bits per heavy atom. The predicted molar refractivity (Wildman–Crippen MR) is 82.6 cm³/mol. The number of halogens is 2. The average molecular weight is 413 g/mol. The van der Waals surface area contributed by atoms with Crippen molar-refractivity contribution < 1.29 is 4.74 Å². The highest BCUT2D eigenvalue weighted by molar-refractivity contribution is 14.1. The summed E-state index contributed by atoms with van der Waals surface area (Å²) in [5.74, 6) is 6.11. The zero-order valence-corrected chi connectivity index (χ0v) is 13.8. The molecule has 0 aliphatic heterocycles. The van der Waals surface area contributed by atoms with Gasteiger partial charge in [0.1, 0.15) is 0 Å². The van der Waals surface area contributed by atoms with Gasteiger partial charge >= 0.3 is 0 Å². The van der Waals surface area contributed by atoms with Crippen LogP contribution in [0.3, 0.4) is 0 Å². The molecule has 1 aromatic carbocycles. The van der Waals surface area contributed by atoms with E-state index in [1.165, 1.54) is 9.13 Å². The fourth-order valence-corrected chi connectivity index (χ4v) is 2.83. The van der Waals surface area contributed by atoms with Gasteiger partial charge in [-0.1, -0.05) is 22.9 Å². The summed E-state index contributed by atoms with van der Waals surface area (Å²) in [6, 6.07) is 6.40. The Balaban J connectivity index is 2.88. The van der Waals surface area contributed by atoms with Crippen LogP contribution in [0.1, 0.15) is 24.9 Å². The molecule has 5 heteroatoms. The minimum absolute atomic E-state index is 0.148. The molecule has 0 aromatic heterocycles. The molecule has 3 N–H and O–H groups in total. The molecule has 0 amide bonds. The first-order valence-electron chi connectivity index (χ1n) is 5.50. The van der Waals surface area contributed by atoms with Crippen molar-refractivity contribution in [2.75, 3.05) is 13.7 Å². The Kier molecular flexibility index (Phi) is 6.94. The number of methoxy groups -OCH3 is 1. The predicted octanol–water partition coefficient (Wildman–Crippen LogP) is 3.23. The number of nitrogens with one attached hydrogen (secondary N) is 1. The fraction of sp³-hybridized carbons (Fsp3) is 0.500. The van der Waals surface area contributed by atoms with E-state index in [9.17, 15) is 0 Å². The van der Waals surface area contributed by atoms with Crippen molar-refractivity contribution in [1.82, 2.24) is 5.43 Å². The number of nitrogens with two attached hydrogens (primary N) is 1. The van der Waals surface area contributed by atoms with Gasteiger partial charge in [-0.3, -0.25) is 11.3 Å². The summed E-state index contributed by atoms with van der Waals surface area (Å²) in [4.78, 5) is 0. The Morgan fingerprint density at radius 3 is 2.82 bits per heavy atom. The molecule has 3 nitrogen and oxygen atoms in total. The van der Waals surface area contributed by atoms with Gasteiger partial charge in [0.25, 0.3) is 0 Å². The van der Waals surface area contributed by atoms with Crippen LogP contribution >= 0.6 is 38.5 Å². The van der Waals surface area contributed by atoms with E-state index in [0.29, 0.717) is 5.92 Å². The maximum atomic E-state index is 5.69. The Labute approximate surface area is 125 Å². The first-order valence-corrected chi connectivity index (χ1v) is 7.37. The summed E-state index contributed by atoms with van der Waals surface area (Å²) in [5.41, 5.74) is 4.14. The van der Waals surface area contributed by atoms with Gasteiger partial charge in [-0.25, -0.2) is 0 Å². The van der Waals surface area contributed by atoms with Crippen molar-refractivity contribution in [3.63, 3.8) is 0 Å². The summed E-state index contributed by atoms with van der Waals surface area (Å²) in [6.07, 6.45) is 0.980. The SMILES string of the molecule is COCCC(C)C(NN)c1cc(Br)ccc1I. The Morgan fingerprint density at radius 1 is 1.53 bits per heavy atom. The molecule has 1 rings (SSSR count). The lowest BCUT2D eigenvalue weighted by molar-refractivity contribution is 0.170. The largest absolute Gasteiger partial charge is 0.385 e. The van der Waals surface area contributed by atoms with E-state index in [4.69, 9.17) is 10.6 Å². The van der Waals surface area contributed by atoms with Gasteiger partial charge in [0.05, 0.1) is 0 Å². The summed E-state index contributed by atoms with van der Waals surface area (Å²) in [7, 11) is 1.72. The van der Waals surface area contributed by atoms with Crippen LogP contribution < -0.4 is 11.3 Å². The summed E-state index contributed by atoms with van der Waals surface area (Å²) in [5, 5.41) is 0. The number of hydrogen-bond acceptors (Lipinski definition) is 3. The molecule has 2 unspecified atom stereocenters. The third-order valence-electron chi connectivity index (χ3n) is 2.82. The van der Waals surface area contributed by atoms with Gasteiger partial charge in [0.15, 0.2) is 0 Å². The van der Waals surface area contributed by atoms with Crippen LogP contribution in [0.15, 0.2) is 22.7 Å². The molecular formula is C12H18BrIN2O. The second kappa shape index (κ2) is 7.68. The maximum Gasteiger partial charge on any atom is 0.0497 e. The molecule has 0 spiro atoms. The van der Waals surface area contributed by atoms with Gasteiger partial charge < -0.3 is 4.74 Å². The molecule has 0 heterocycles. The summed E-state index contributed by atoms with van der Waals surface area (Å²) >= 11 is 5.84. The van der Waals surface area contributed by atoms with E-state index in [1.807, 2.05) is 6.07 Å². The van der Waals surface area contributed by atoms with Crippen LogP contribution in [0.4, 0.5) is 0 Å². The highest BCUT2D eigenvalue weighted by Crippen LogP contribution is 2.29. The smallest absolute Gasteiger partial charge is 0.0497 e. The van der Waals surface area contributed by atoms with E-state index in [-0.39, 0.29) is 6.04 Å². The summed E-state index contributed by atoms with van der Waals surface area (Å²) < 4.78 is 7.41. The first kappa shape index (κ1) is 15.4. The van der Waals surface area contributed by atoms with Crippen molar-refractivity contribution in [2.24, 2.45) is 11.8 Å². The highest BCUT2D eigenvalue weighted by atomic mass is 127. The average Bonchev–Trinajstić information content (AvgIpc) is 2.32. The molecule has 1 aromatic rings. The van der Waals surface area contributed by atoms with Crippen LogP contribution in [0.25, 0.3) is 0 Å². The van der Waals surface area contributed by atoms with Crippen molar-refractivity contribution in [2.45, 2.75) is 19.4 Å². The lowest BCUT2D eigenvalue weighted by Gasteiger charge is -2.24. The molecule has 0 saturated heterocycles. The van der Waals surface area contributed by atoms with Gasteiger partial charge in [0.2, 0.25) is 0 Å². The second-order valence-corrected chi connectivity index (χ2v) is 6.15. The normalized spacial score (nSPS) is 14.6. The number of ether oxygens (including phenoxy) is 1. The topological polar surface area (TPSA) is 47.3 Å². The number of hydrogen-bond donors (Lipinski definition) is 2. The van der Waals surface area contributed by atoms with Crippen molar-refractivity contribution in [3.8, 4) is 0 Å². The quantitative estimate of drug-likeness (QED) is 0.428. The van der Waals surface area contributed by atoms with Crippen molar-refractivity contribution in [1.29, 1.82) is 0 Å². The Hall–Kier alpha value is 0.310. The van der Waals surface area contributed by atoms with Crippen LogP contribution in [0.5, 0.6) is 0 Å². The zero-order valence-electron chi connectivity index (χ0n) is 10.0. The van der Waals surface area contributed by atoms with Gasteiger partial charge in [-0.05, 0) is 58.7 Å². The third-order valence-corrected chi connectivity index (χ3v) is 4.29. The van der Waals surface area contributed by atoms with Gasteiger partial charge in [-0.2, -0.15) is 0 Å². The molecule has 0 aliphatic rings. The highest BCUT2D eigenvalue weighted by Gasteiger charge is 2.20. The lowest BCUT2D eigenvalue weighted by Crippen LogP contribution is -2.33. The molecule has 0 radical (unpaired) electrons. The molecule has 96 valence electrons. The molecule has 0 saturated carbocycles. The number of benzene rings is 1. The maximum absolute atomic E-state index is 5.69. The van der Waals surface area contributed by atoms with Crippen molar-refractivity contribution >= 4 is 38.5 Å². The van der Waals surface area contributed by atoms with Crippen molar-refractivity contribution in [3.05, 3.63) is 31.8 Å². The molecule has 0 aliphatic carbocycles. The molecule has 2 atom stereocenters. The molecular weight excluding hydrogens is 395 g/mol. The summed E-state index contributed by atoms with van der Waals surface area (Å²) in [6.45, 7) is 2.93. The van der Waals surface area contributed by atoms with Crippen LogP contribution in [-0.2, 0) is 4.74 Å². The second-order valence-electron chi connectivity index (χ2n) is 4.07. The molecule has 0 bridgehead atoms. The van der Waals surface area contributed by atoms with E-state index >= 15 is 0 Å². The molecule has 0 fully saturated rings. The van der Waals surface area contributed by atoms with E-state index < -0.39 is 0 Å². The number of hydrazine groups is 1. The zero-order chi connectivity index (χ0) is 12.8. The van der Waals surface area contributed by atoms with E-state index in [2.05, 4.69) is 63.0 Å². The Bertz CT molecular complexity index is 362. The fourth-order valence-electron chi connectivity index (χ4n) is 1.78. The minimum Gasteiger partial charge on any atom is -0.385 e. The monoisotopic (exact) mass is 412 g/mol.